The monoisotopic (exact) mass is 201 g/mol. The number of phenols is 1. The van der Waals surface area contributed by atoms with Crippen molar-refractivity contribution in [3.05, 3.63) is 29.3 Å². The summed E-state index contributed by atoms with van der Waals surface area (Å²) in [6, 6.07) is 1.77. The number of aryl methyl sites for hydroxylation is 1. The Balaban J connectivity index is 2.82. The minimum absolute atomic E-state index is 0.0254. The number of rotatable bonds is 3. The third-order valence-corrected chi connectivity index (χ3v) is 1.99. The molecule has 1 aromatic rings. The normalized spacial score (nSPS) is 12.9. The van der Waals surface area contributed by atoms with E-state index in [1.807, 2.05) is 6.92 Å². The summed E-state index contributed by atoms with van der Waals surface area (Å²) in [5.74, 6) is -2.20. The number of aromatic hydroxyl groups is 1. The number of hydrogen-bond donors (Lipinski definition) is 2. The predicted octanol–water partition coefficient (Wildman–Crippen LogP) is 1.95. The van der Waals surface area contributed by atoms with Crippen LogP contribution in [0, 0.1) is 11.6 Å². The molecule has 3 N–H and O–H groups in total. The highest BCUT2D eigenvalue weighted by atomic mass is 19.2. The largest absolute Gasteiger partial charge is 0.508 e. The van der Waals surface area contributed by atoms with E-state index in [9.17, 15) is 13.9 Å². The third kappa shape index (κ3) is 2.67. The first kappa shape index (κ1) is 10.9. The van der Waals surface area contributed by atoms with Crippen LogP contribution in [-0.4, -0.2) is 11.1 Å². The second-order valence-electron chi connectivity index (χ2n) is 3.41. The van der Waals surface area contributed by atoms with E-state index in [1.165, 1.54) is 0 Å². The lowest BCUT2D eigenvalue weighted by atomic mass is 10.1. The summed E-state index contributed by atoms with van der Waals surface area (Å²) in [7, 11) is 0. The van der Waals surface area contributed by atoms with Crippen molar-refractivity contribution >= 4 is 0 Å². The van der Waals surface area contributed by atoms with Gasteiger partial charge in [-0.05, 0) is 31.4 Å². The van der Waals surface area contributed by atoms with E-state index in [-0.39, 0.29) is 11.8 Å². The van der Waals surface area contributed by atoms with E-state index >= 15 is 0 Å². The molecule has 0 radical (unpaired) electrons. The van der Waals surface area contributed by atoms with Gasteiger partial charge in [0.2, 0.25) is 0 Å². The standard InChI is InChI=1S/C10H13F2NO/c1-6(13)2-3-7-4-8(11)9(12)5-10(7)14/h4-6,14H,2-3,13H2,1H3/t6-/m1/s1. The van der Waals surface area contributed by atoms with Gasteiger partial charge in [0.05, 0.1) is 0 Å². The van der Waals surface area contributed by atoms with Crippen molar-refractivity contribution in [3.8, 4) is 5.75 Å². The second kappa shape index (κ2) is 4.37. The number of benzene rings is 1. The summed E-state index contributed by atoms with van der Waals surface area (Å²) < 4.78 is 25.4. The fourth-order valence-electron chi connectivity index (χ4n) is 1.16. The summed E-state index contributed by atoms with van der Waals surface area (Å²) >= 11 is 0. The zero-order valence-electron chi connectivity index (χ0n) is 7.93. The molecule has 0 bridgehead atoms. The molecule has 2 nitrogen and oxygen atoms in total. The highest BCUT2D eigenvalue weighted by molar-refractivity contribution is 5.33. The Labute approximate surface area is 81.4 Å². The van der Waals surface area contributed by atoms with Crippen LogP contribution in [0.3, 0.4) is 0 Å². The van der Waals surface area contributed by atoms with E-state index in [2.05, 4.69) is 0 Å². The van der Waals surface area contributed by atoms with E-state index in [0.717, 1.165) is 12.1 Å². The van der Waals surface area contributed by atoms with Crippen molar-refractivity contribution in [2.24, 2.45) is 5.73 Å². The van der Waals surface area contributed by atoms with Gasteiger partial charge in [-0.3, -0.25) is 0 Å². The van der Waals surface area contributed by atoms with Gasteiger partial charge >= 0.3 is 0 Å². The van der Waals surface area contributed by atoms with Gasteiger partial charge in [0.25, 0.3) is 0 Å². The van der Waals surface area contributed by atoms with Crippen LogP contribution in [0.15, 0.2) is 12.1 Å². The third-order valence-electron chi connectivity index (χ3n) is 1.99. The Kier molecular flexibility index (Phi) is 3.41. The number of halogens is 2. The van der Waals surface area contributed by atoms with Crippen LogP contribution in [0.2, 0.25) is 0 Å². The molecular weight excluding hydrogens is 188 g/mol. The van der Waals surface area contributed by atoms with E-state index in [1.54, 1.807) is 0 Å². The van der Waals surface area contributed by atoms with E-state index in [0.29, 0.717) is 18.4 Å². The zero-order valence-corrected chi connectivity index (χ0v) is 7.93. The van der Waals surface area contributed by atoms with Gasteiger partial charge in [0.1, 0.15) is 5.75 Å². The Morgan fingerprint density at radius 3 is 2.50 bits per heavy atom. The molecule has 0 spiro atoms. The van der Waals surface area contributed by atoms with Crippen molar-refractivity contribution in [2.75, 3.05) is 0 Å². The van der Waals surface area contributed by atoms with Gasteiger partial charge in [-0.2, -0.15) is 0 Å². The van der Waals surface area contributed by atoms with Crippen LogP contribution >= 0.6 is 0 Å². The number of nitrogens with two attached hydrogens (primary N) is 1. The molecule has 0 heterocycles. The highest BCUT2D eigenvalue weighted by Gasteiger charge is 2.09. The predicted molar refractivity (Wildman–Crippen MR) is 50.0 cm³/mol. The molecule has 1 rings (SSSR count). The molecule has 14 heavy (non-hydrogen) atoms. The minimum Gasteiger partial charge on any atom is -0.508 e. The van der Waals surface area contributed by atoms with Crippen LogP contribution in [0.4, 0.5) is 8.78 Å². The molecule has 78 valence electrons. The molecule has 0 unspecified atom stereocenters. The van der Waals surface area contributed by atoms with Crippen LogP contribution in [0.5, 0.6) is 5.75 Å². The lowest BCUT2D eigenvalue weighted by Crippen LogP contribution is -2.15. The molecule has 0 aromatic heterocycles. The fourth-order valence-corrected chi connectivity index (χ4v) is 1.16. The molecule has 0 aliphatic heterocycles. The molecule has 0 saturated carbocycles. The van der Waals surface area contributed by atoms with Gasteiger partial charge in [0.15, 0.2) is 11.6 Å². The molecule has 0 amide bonds. The molecule has 0 aliphatic rings. The molecule has 1 atom stereocenters. The molecule has 4 heteroatoms. The first-order chi connectivity index (χ1) is 6.50. The topological polar surface area (TPSA) is 46.2 Å². The smallest absolute Gasteiger partial charge is 0.162 e. The summed E-state index contributed by atoms with van der Waals surface area (Å²) in [5.41, 5.74) is 5.90. The SMILES string of the molecule is C[C@@H](N)CCc1cc(F)c(F)cc1O. The van der Waals surface area contributed by atoms with E-state index < -0.39 is 11.6 Å². The number of hydrogen-bond acceptors (Lipinski definition) is 2. The first-order valence-electron chi connectivity index (χ1n) is 4.43. The zero-order chi connectivity index (χ0) is 10.7. The summed E-state index contributed by atoms with van der Waals surface area (Å²) in [4.78, 5) is 0. The molecular formula is C10H13F2NO. The summed E-state index contributed by atoms with van der Waals surface area (Å²) in [6.45, 7) is 1.82. The van der Waals surface area contributed by atoms with Crippen molar-refractivity contribution in [2.45, 2.75) is 25.8 Å². The van der Waals surface area contributed by atoms with Crippen molar-refractivity contribution in [3.63, 3.8) is 0 Å². The quantitative estimate of drug-likeness (QED) is 0.785. The lowest BCUT2D eigenvalue weighted by molar-refractivity contribution is 0.445. The Hall–Kier alpha value is -1.16. The van der Waals surface area contributed by atoms with Crippen molar-refractivity contribution in [1.29, 1.82) is 0 Å². The number of phenolic OH excluding ortho intramolecular Hbond substituents is 1. The van der Waals surface area contributed by atoms with Gasteiger partial charge in [-0.25, -0.2) is 8.78 Å². The van der Waals surface area contributed by atoms with Gasteiger partial charge in [-0.15, -0.1) is 0 Å². The maximum absolute atomic E-state index is 12.8. The Morgan fingerprint density at radius 1 is 1.36 bits per heavy atom. The van der Waals surface area contributed by atoms with E-state index in [4.69, 9.17) is 5.73 Å². The van der Waals surface area contributed by atoms with Crippen LogP contribution in [0.1, 0.15) is 18.9 Å². The second-order valence-corrected chi connectivity index (χ2v) is 3.41. The molecule has 0 aliphatic carbocycles. The van der Waals surface area contributed by atoms with Crippen molar-refractivity contribution < 1.29 is 13.9 Å². The van der Waals surface area contributed by atoms with Crippen LogP contribution in [-0.2, 0) is 6.42 Å². The average molecular weight is 201 g/mol. The Morgan fingerprint density at radius 2 is 1.93 bits per heavy atom. The molecule has 0 saturated heterocycles. The van der Waals surface area contributed by atoms with Crippen LogP contribution < -0.4 is 5.73 Å². The molecule has 0 fully saturated rings. The van der Waals surface area contributed by atoms with Gasteiger partial charge < -0.3 is 10.8 Å². The Bertz CT molecular complexity index is 326. The highest BCUT2D eigenvalue weighted by Crippen LogP contribution is 2.22. The first-order valence-corrected chi connectivity index (χ1v) is 4.43. The fraction of sp³-hybridized carbons (Fsp3) is 0.400. The van der Waals surface area contributed by atoms with Crippen molar-refractivity contribution in [1.82, 2.24) is 0 Å². The van der Waals surface area contributed by atoms with Gasteiger partial charge in [0, 0.05) is 12.1 Å². The lowest BCUT2D eigenvalue weighted by Gasteiger charge is -2.07. The maximum Gasteiger partial charge on any atom is 0.162 e. The minimum atomic E-state index is -1.04. The molecule has 1 aromatic carbocycles. The van der Waals surface area contributed by atoms with Crippen LogP contribution in [0.25, 0.3) is 0 Å². The summed E-state index contributed by atoms with van der Waals surface area (Å²) in [5, 5.41) is 9.28. The van der Waals surface area contributed by atoms with Gasteiger partial charge in [-0.1, -0.05) is 0 Å². The average Bonchev–Trinajstić information content (AvgIpc) is 2.09. The summed E-state index contributed by atoms with van der Waals surface area (Å²) in [6.07, 6.45) is 1.07. The maximum atomic E-state index is 12.8.